The summed E-state index contributed by atoms with van der Waals surface area (Å²) in [6.45, 7) is 7.18. The molecule has 0 aliphatic heterocycles. The number of nitrogens with zero attached hydrogens (tertiary/aromatic N) is 3. The van der Waals surface area contributed by atoms with Crippen LogP contribution >= 0.6 is 11.6 Å². The maximum atomic E-state index is 13.0. The Balaban J connectivity index is 1.87. The van der Waals surface area contributed by atoms with Crippen molar-refractivity contribution in [3.8, 4) is 11.4 Å². The molecule has 3 rings (SSSR count). The maximum Gasteiger partial charge on any atom is 0.253 e. The van der Waals surface area contributed by atoms with Crippen molar-refractivity contribution >= 4 is 27.5 Å². The average molecular weight is 478 g/mol. The lowest BCUT2D eigenvalue weighted by molar-refractivity contribution is 0.0914. The molecule has 170 valence electrons. The monoisotopic (exact) mass is 477 g/mol. The smallest absolute Gasteiger partial charge is 0.253 e. The van der Waals surface area contributed by atoms with Crippen molar-refractivity contribution in [1.29, 1.82) is 0 Å². The number of benzene rings is 1. The van der Waals surface area contributed by atoms with Crippen LogP contribution in [0.25, 0.3) is 11.4 Å². The van der Waals surface area contributed by atoms with Gasteiger partial charge in [-0.25, -0.2) is 13.1 Å². The summed E-state index contributed by atoms with van der Waals surface area (Å²) in [6, 6.07) is 6.60. The summed E-state index contributed by atoms with van der Waals surface area (Å²) < 4.78 is 32.9. The summed E-state index contributed by atoms with van der Waals surface area (Å²) >= 11 is 6.21. The minimum absolute atomic E-state index is 0.0240. The molecule has 1 amide bonds. The molecule has 0 saturated carbocycles. The van der Waals surface area contributed by atoms with Gasteiger partial charge in [-0.1, -0.05) is 30.6 Å². The highest BCUT2D eigenvalue weighted by atomic mass is 35.5. The van der Waals surface area contributed by atoms with Gasteiger partial charge in [-0.3, -0.25) is 9.78 Å². The topological polar surface area (TPSA) is 127 Å². The fourth-order valence-electron chi connectivity index (χ4n) is 2.93. The molecule has 1 atom stereocenters. The number of nitrogens with one attached hydrogen (secondary N) is 2. The molecule has 1 unspecified atom stereocenters. The largest absolute Gasteiger partial charge is 0.340 e. The van der Waals surface area contributed by atoms with Gasteiger partial charge in [0, 0.05) is 24.0 Å². The Kier molecular flexibility index (Phi) is 7.27. The number of hydrogen-bond acceptors (Lipinski definition) is 7. The molecule has 0 aliphatic carbocycles. The average Bonchev–Trinajstić information content (AvgIpc) is 3.21. The first kappa shape index (κ1) is 23.8. The van der Waals surface area contributed by atoms with Gasteiger partial charge in [-0.2, -0.15) is 4.98 Å². The van der Waals surface area contributed by atoms with Crippen molar-refractivity contribution in [3.05, 3.63) is 59.2 Å². The molecule has 2 heterocycles. The van der Waals surface area contributed by atoms with Crippen molar-refractivity contribution in [3.63, 3.8) is 0 Å². The Morgan fingerprint density at radius 1 is 1.16 bits per heavy atom. The van der Waals surface area contributed by atoms with Gasteiger partial charge in [-0.15, -0.1) is 0 Å². The van der Waals surface area contributed by atoms with Gasteiger partial charge in [0.15, 0.2) is 0 Å². The fraction of sp³-hybridized carbons (Fsp3) is 0.333. The summed E-state index contributed by atoms with van der Waals surface area (Å²) in [6.07, 6.45) is 3.24. The molecule has 2 N–H and O–H groups in total. The number of carbonyl (C=O) groups is 1. The van der Waals surface area contributed by atoms with Gasteiger partial charge in [0.05, 0.1) is 15.5 Å². The molecule has 32 heavy (non-hydrogen) atoms. The van der Waals surface area contributed by atoms with Gasteiger partial charge in [0.25, 0.3) is 5.91 Å². The van der Waals surface area contributed by atoms with Crippen LogP contribution in [0.4, 0.5) is 0 Å². The molecule has 1 aromatic carbocycles. The Morgan fingerprint density at radius 3 is 2.53 bits per heavy atom. The number of halogens is 1. The van der Waals surface area contributed by atoms with E-state index in [0.29, 0.717) is 11.4 Å². The van der Waals surface area contributed by atoms with Crippen LogP contribution in [0.2, 0.25) is 5.02 Å². The lowest BCUT2D eigenvalue weighted by Crippen LogP contribution is -2.33. The van der Waals surface area contributed by atoms with E-state index < -0.39 is 22.0 Å². The van der Waals surface area contributed by atoms with Crippen LogP contribution in [0.15, 0.2) is 52.1 Å². The van der Waals surface area contributed by atoms with Crippen molar-refractivity contribution in [2.75, 3.05) is 0 Å². The van der Waals surface area contributed by atoms with E-state index in [1.54, 1.807) is 38.4 Å². The number of pyridine rings is 1. The van der Waals surface area contributed by atoms with E-state index in [0.717, 1.165) is 0 Å². The SMILES string of the molecule is CC(C)NS(=O)(=O)c1ccc(Cl)c(C(=O)NC(c2nc(-c3cccnc3)no2)C(C)C)c1. The standard InChI is InChI=1S/C21H24ClN5O4S/c1-12(2)18(21-25-19(26-31-21)14-6-5-9-23-11-14)24-20(28)16-10-15(7-8-17(16)22)32(29,30)27-13(3)4/h5-13,18,27H,1-4H3,(H,24,28). The van der Waals surface area contributed by atoms with Crippen LogP contribution in [-0.2, 0) is 10.0 Å². The van der Waals surface area contributed by atoms with E-state index in [9.17, 15) is 13.2 Å². The van der Waals surface area contributed by atoms with Gasteiger partial charge in [-0.05, 0) is 50.1 Å². The zero-order valence-electron chi connectivity index (χ0n) is 18.0. The number of rotatable bonds is 8. The molecular weight excluding hydrogens is 454 g/mol. The molecular formula is C21H24ClN5O4S. The van der Waals surface area contributed by atoms with E-state index in [-0.39, 0.29) is 33.3 Å². The normalized spacial score (nSPS) is 12.8. The van der Waals surface area contributed by atoms with E-state index in [1.807, 2.05) is 13.8 Å². The maximum absolute atomic E-state index is 13.0. The highest BCUT2D eigenvalue weighted by molar-refractivity contribution is 7.89. The summed E-state index contributed by atoms with van der Waals surface area (Å²) in [7, 11) is -3.79. The molecule has 0 saturated heterocycles. The quantitative estimate of drug-likeness (QED) is 0.507. The molecule has 0 radical (unpaired) electrons. The number of hydrogen-bond donors (Lipinski definition) is 2. The van der Waals surface area contributed by atoms with Gasteiger partial charge in [0.1, 0.15) is 6.04 Å². The second-order valence-electron chi connectivity index (χ2n) is 7.81. The van der Waals surface area contributed by atoms with E-state index in [2.05, 4.69) is 25.2 Å². The molecule has 9 nitrogen and oxygen atoms in total. The van der Waals surface area contributed by atoms with E-state index in [1.165, 1.54) is 18.2 Å². The van der Waals surface area contributed by atoms with Crippen molar-refractivity contribution < 1.29 is 17.7 Å². The molecule has 11 heteroatoms. The predicted molar refractivity (Wildman–Crippen MR) is 119 cm³/mol. The fourth-order valence-corrected chi connectivity index (χ4v) is 4.41. The van der Waals surface area contributed by atoms with Gasteiger partial charge in [0.2, 0.25) is 21.7 Å². The lowest BCUT2D eigenvalue weighted by atomic mass is 10.0. The third kappa shape index (κ3) is 5.50. The first-order valence-electron chi connectivity index (χ1n) is 9.95. The zero-order valence-corrected chi connectivity index (χ0v) is 19.6. The van der Waals surface area contributed by atoms with E-state index in [4.69, 9.17) is 16.1 Å². The Morgan fingerprint density at radius 2 is 1.91 bits per heavy atom. The van der Waals surface area contributed by atoms with Gasteiger partial charge >= 0.3 is 0 Å². The minimum Gasteiger partial charge on any atom is -0.340 e. The van der Waals surface area contributed by atoms with Crippen LogP contribution in [0, 0.1) is 5.92 Å². The highest BCUT2D eigenvalue weighted by Gasteiger charge is 2.27. The van der Waals surface area contributed by atoms with Gasteiger partial charge < -0.3 is 9.84 Å². The van der Waals surface area contributed by atoms with Crippen LogP contribution in [0.1, 0.15) is 50.0 Å². The zero-order chi connectivity index (χ0) is 23.5. The van der Waals surface area contributed by atoms with Crippen LogP contribution in [-0.4, -0.2) is 35.5 Å². The Hall–Kier alpha value is -2.82. The van der Waals surface area contributed by atoms with Crippen LogP contribution in [0.5, 0.6) is 0 Å². The second kappa shape index (κ2) is 9.76. The van der Waals surface area contributed by atoms with Crippen LogP contribution < -0.4 is 10.0 Å². The molecule has 0 spiro atoms. The molecule has 2 aromatic heterocycles. The van der Waals surface area contributed by atoms with Crippen molar-refractivity contribution in [1.82, 2.24) is 25.2 Å². The summed E-state index contributed by atoms with van der Waals surface area (Å²) in [5, 5.41) is 6.91. The Labute approximate surface area is 191 Å². The first-order valence-corrected chi connectivity index (χ1v) is 11.8. The minimum atomic E-state index is -3.79. The van der Waals surface area contributed by atoms with E-state index >= 15 is 0 Å². The molecule has 0 fully saturated rings. The highest BCUT2D eigenvalue weighted by Crippen LogP contribution is 2.26. The third-order valence-corrected chi connectivity index (χ3v) is 6.45. The molecule has 0 bridgehead atoms. The summed E-state index contributed by atoms with van der Waals surface area (Å²) in [5.41, 5.74) is 0.700. The molecule has 0 aliphatic rings. The number of aromatic nitrogens is 3. The summed E-state index contributed by atoms with van der Waals surface area (Å²) in [5.74, 6) is -0.0988. The number of sulfonamides is 1. The first-order chi connectivity index (χ1) is 15.1. The predicted octanol–water partition coefficient (Wildman–Crippen LogP) is 3.60. The van der Waals surface area contributed by atoms with Crippen LogP contribution in [0.3, 0.4) is 0 Å². The number of carbonyl (C=O) groups excluding carboxylic acids is 1. The summed E-state index contributed by atoms with van der Waals surface area (Å²) in [4.78, 5) is 21.4. The third-order valence-electron chi connectivity index (χ3n) is 4.46. The molecule has 3 aromatic rings. The van der Waals surface area contributed by atoms with Crippen molar-refractivity contribution in [2.24, 2.45) is 5.92 Å². The lowest BCUT2D eigenvalue weighted by Gasteiger charge is -2.19. The van der Waals surface area contributed by atoms with Crippen molar-refractivity contribution in [2.45, 2.75) is 44.7 Å². The Bertz CT molecular complexity index is 1200. The second-order valence-corrected chi connectivity index (χ2v) is 9.93. The number of amides is 1.